The molecule has 0 spiro atoms. The van der Waals surface area contributed by atoms with Gasteiger partial charge in [-0.25, -0.2) is 8.42 Å². The van der Waals surface area contributed by atoms with Crippen molar-refractivity contribution in [3.63, 3.8) is 0 Å². The normalized spacial score (nSPS) is 11.3. The van der Waals surface area contributed by atoms with Gasteiger partial charge in [-0.2, -0.15) is 0 Å². The van der Waals surface area contributed by atoms with E-state index in [0.717, 1.165) is 16.7 Å². The van der Waals surface area contributed by atoms with Gasteiger partial charge in [-0.1, -0.05) is 65.7 Å². The van der Waals surface area contributed by atoms with Gasteiger partial charge in [0.2, 0.25) is 0 Å². The Kier molecular flexibility index (Phi) is 4.91. The van der Waals surface area contributed by atoms with Crippen molar-refractivity contribution in [3.8, 4) is 0 Å². The maximum atomic E-state index is 13.2. The molecule has 0 aliphatic heterocycles. The minimum atomic E-state index is -3.64. The van der Waals surface area contributed by atoms with Gasteiger partial charge >= 0.3 is 0 Å². The SMILES string of the molecule is Cc1ccc(N(Cc2cccc(C)c2)S(=O)(=O)c2ccccc2)cc1. The molecule has 0 aromatic heterocycles. The van der Waals surface area contributed by atoms with E-state index < -0.39 is 10.0 Å². The molecule has 0 radical (unpaired) electrons. The topological polar surface area (TPSA) is 37.4 Å². The van der Waals surface area contributed by atoms with Gasteiger partial charge in [0.05, 0.1) is 17.1 Å². The second-order valence-corrected chi connectivity index (χ2v) is 8.01. The third kappa shape index (κ3) is 3.91. The first-order valence-electron chi connectivity index (χ1n) is 8.17. The highest BCUT2D eigenvalue weighted by Gasteiger charge is 2.25. The summed E-state index contributed by atoms with van der Waals surface area (Å²) in [7, 11) is -3.64. The highest BCUT2D eigenvalue weighted by Crippen LogP contribution is 2.26. The van der Waals surface area contributed by atoms with Gasteiger partial charge < -0.3 is 0 Å². The van der Waals surface area contributed by atoms with Gasteiger partial charge in [0.15, 0.2) is 0 Å². The lowest BCUT2D eigenvalue weighted by Gasteiger charge is -2.25. The van der Waals surface area contributed by atoms with Gasteiger partial charge in [0.25, 0.3) is 10.0 Å². The summed E-state index contributed by atoms with van der Waals surface area (Å²) in [5.41, 5.74) is 3.82. The molecule has 128 valence electrons. The van der Waals surface area contributed by atoms with E-state index in [0.29, 0.717) is 17.1 Å². The Morgan fingerprint density at radius 1 is 0.760 bits per heavy atom. The first kappa shape index (κ1) is 17.2. The Balaban J connectivity index is 2.07. The van der Waals surface area contributed by atoms with Gasteiger partial charge in [0.1, 0.15) is 0 Å². The number of rotatable bonds is 5. The van der Waals surface area contributed by atoms with Gasteiger partial charge in [0, 0.05) is 0 Å². The Labute approximate surface area is 149 Å². The lowest BCUT2D eigenvalue weighted by Crippen LogP contribution is -2.30. The van der Waals surface area contributed by atoms with Gasteiger partial charge in [-0.15, -0.1) is 0 Å². The molecule has 4 heteroatoms. The highest BCUT2D eigenvalue weighted by atomic mass is 32.2. The quantitative estimate of drug-likeness (QED) is 0.668. The van der Waals surface area contributed by atoms with Crippen molar-refractivity contribution in [2.75, 3.05) is 4.31 Å². The van der Waals surface area contributed by atoms with Crippen molar-refractivity contribution >= 4 is 15.7 Å². The molecule has 0 N–H and O–H groups in total. The van der Waals surface area contributed by atoms with Crippen LogP contribution in [0.25, 0.3) is 0 Å². The summed E-state index contributed by atoms with van der Waals surface area (Å²) in [6.45, 7) is 4.29. The largest absolute Gasteiger partial charge is 0.264 e. The average Bonchev–Trinajstić information content (AvgIpc) is 2.61. The van der Waals surface area contributed by atoms with E-state index in [1.54, 1.807) is 24.3 Å². The van der Waals surface area contributed by atoms with Crippen LogP contribution in [0.4, 0.5) is 5.69 Å². The number of hydrogen-bond acceptors (Lipinski definition) is 2. The zero-order valence-corrected chi connectivity index (χ0v) is 15.2. The Bertz CT molecular complexity index is 949. The van der Waals surface area contributed by atoms with E-state index in [4.69, 9.17) is 0 Å². The second-order valence-electron chi connectivity index (χ2n) is 6.15. The zero-order chi connectivity index (χ0) is 17.9. The van der Waals surface area contributed by atoms with Crippen molar-refractivity contribution in [2.45, 2.75) is 25.3 Å². The van der Waals surface area contributed by atoms with Crippen LogP contribution in [-0.4, -0.2) is 8.42 Å². The predicted molar refractivity (Wildman–Crippen MR) is 102 cm³/mol. The Hall–Kier alpha value is -2.59. The van der Waals surface area contributed by atoms with Crippen LogP contribution < -0.4 is 4.31 Å². The second kappa shape index (κ2) is 7.11. The van der Waals surface area contributed by atoms with E-state index in [9.17, 15) is 8.42 Å². The fraction of sp³-hybridized carbons (Fsp3) is 0.143. The molecule has 3 rings (SSSR count). The number of benzene rings is 3. The summed E-state index contributed by atoms with van der Waals surface area (Å²) in [6.07, 6.45) is 0. The van der Waals surface area contributed by atoms with Crippen LogP contribution in [0.3, 0.4) is 0 Å². The summed E-state index contributed by atoms with van der Waals surface area (Å²) >= 11 is 0. The van der Waals surface area contributed by atoms with Crippen molar-refractivity contribution in [3.05, 3.63) is 95.6 Å². The van der Waals surface area contributed by atoms with E-state index >= 15 is 0 Å². The summed E-state index contributed by atoms with van der Waals surface area (Å²) in [6, 6.07) is 24.1. The fourth-order valence-electron chi connectivity index (χ4n) is 2.72. The predicted octanol–water partition coefficient (Wildman–Crippen LogP) is 4.70. The molecule has 0 unspecified atom stereocenters. The van der Waals surface area contributed by atoms with Crippen molar-refractivity contribution in [1.29, 1.82) is 0 Å². The minimum Gasteiger partial charge on any atom is -0.262 e. The molecule has 0 saturated carbocycles. The molecule has 0 atom stereocenters. The fourth-order valence-corrected chi connectivity index (χ4v) is 4.20. The first-order valence-corrected chi connectivity index (χ1v) is 9.61. The Morgan fingerprint density at radius 2 is 1.44 bits per heavy atom. The third-order valence-electron chi connectivity index (χ3n) is 4.06. The molecule has 0 aliphatic rings. The smallest absolute Gasteiger partial charge is 0.262 e. The lowest BCUT2D eigenvalue weighted by atomic mass is 10.1. The monoisotopic (exact) mass is 351 g/mol. The first-order chi connectivity index (χ1) is 12.0. The third-order valence-corrected chi connectivity index (χ3v) is 5.85. The minimum absolute atomic E-state index is 0.294. The van der Waals surface area contributed by atoms with Crippen LogP contribution in [-0.2, 0) is 16.6 Å². The molecule has 0 fully saturated rings. The number of hydrogen-bond donors (Lipinski definition) is 0. The molecular formula is C21H21NO2S. The lowest BCUT2D eigenvalue weighted by molar-refractivity contribution is 0.590. The molecule has 25 heavy (non-hydrogen) atoms. The highest BCUT2D eigenvalue weighted by molar-refractivity contribution is 7.92. The summed E-state index contributed by atoms with van der Waals surface area (Å²) in [5, 5.41) is 0. The maximum Gasteiger partial charge on any atom is 0.264 e. The molecule has 3 nitrogen and oxygen atoms in total. The molecule has 0 saturated heterocycles. The molecule has 0 bridgehead atoms. The molecular weight excluding hydrogens is 330 g/mol. The van der Waals surface area contributed by atoms with Crippen LogP contribution in [0.2, 0.25) is 0 Å². The molecule has 0 heterocycles. The molecule has 0 aliphatic carbocycles. The standard InChI is InChI=1S/C21H21NO2S/c1-17-11-13-20(14-12-17)22(16-19-8-6-7-18(2)15-19)25(23,24)21-9-4-3-5-10-21/h3-15H,16H2,1-2H3. The number of aryl methyl sites for hydroxylation is 2. The number of anilines is 1. The summed E-state index contributed by atoms with van der Waals surface area (Å²) in [4.78, 5) is 0.295. The Morgan fingerprint density at radius 3 is 2.08 bits per heavy atom. The number of nitrogens with zero attached hydrogens (tertiary/aromatic N) is 1. The van der Waals surface area contributed by atoms with Crippen LogP contribution in [0.15, 0.2) is 83.8 Å². The van der Waals surface area contributed by atoms with Crippen LogP contribution in [0, 0.1) is 13.8 Å². The molecule has 3 aromatic rings. The number of sulfonamides is 1. The van der Waals surface area contributed by atoms with Crippen LogP contribution >= 0.6 is 0 Å². The summed E-state index contributed by atoms with van der Waals surface area (Å²) < 4.78 is 27.9. The van der Waals surface area contributed by atoms with Crippen molar-refractivity contribution in [1.82, 2.24) is 0 Å². The van der Waals surface area contributed by atoms with Gasteiger partial charge in [-0.3, -0.25) is 4.31 Å². The maximum absolute atomic E-state index is 13.2. The van der Waals surface area contributed by atoms with Crippen molar-refractivity contribution < 1.29 is 8.42 Å². The van der Waals surface area contributed by atoms with E-state index in [1.165, 1.54) is 4.31 Å². The van der Waals surface area contributed by atoms with Crippen molar-refractivity contribution in [2.24, 2.45) is 0 Å². The van der Waals surface area contributed by atoms with E-state index in [1.807, 2.05) is 68.4 Å². The van der Waals surface area contributed by atoms with E-state index in [-0.39, 0.29) is 0 Å². The zero-order valence-electron chi connectivity index (χ0n) is 14.4. The average molecular weight is 351 g/mol. The summed E-state index contributed by atoms with van der Waals surface area (Å²) in [5.74, 6) is 0. The van der Waals surface area contributed by atoms with Crippen LogP contribution in [0.1, 0.15) is 16.7 Å². The molecule has 3 aromatic carbocycles. The van der Waals surface area contributed by atoms with E-state index in [2.05, 4.69) is 0 Å². The molecule has 0 amide bonds. The van der Waals surface area contributed by atoms with Crippen LogP contribution in [0.5, 0.6) is 0 Å². The van der Waals surface area contributed by atoms with Gasteiger partial charge in [-0.05, 0) is 43.7 Å².